The number of benzene rings is 4. The minimum absolute atomic E-state index is 0.210. The summed E-state index contributed by atoms with van der Waals surface area (Å²) in [6.07, 6.45) is -0.210. The van der Waals surface area contributed by atoms with Crippen molar-refractivity contribution in [3.05, 3.63) is 143 Å². The van der Waals surface area contributed by atoms with E-state index in [9.17, 15) is 5.21 Å². The Kier molecular flexibility index (Phi) is 6.05. The van der Waals surface area contributed by atoms with E-state index in [4.69, 9.17) is 16.3 Å². The monoisotopic (exact) mass is 469 g/mol. The highest BCUT2D eigenvalue weighted by Crippen LogP contribution is 2.65. The fraction of sp³-hybridized carbons (Fsp3) is 0.200. The Morgan fingerprint density at radius 3 is 1.91 bits per heavy atom. The van der Waals surface area contributed by atoms with Crippen molar-refractivity contribution in [2.75, 3.05) is 0 Å². The lowest BCUT2D eigenvalue weighted by Crippen LogP contribution is -2.46. The normalized spacial score (nSPS) is 20.8. The van der Waals surface area contributed by atoms with Crippen LogP contribution in [0.1, 0.15) is 48.2 Å². The van der Waals surface area contributed by atoms with Gasteiger partial charge in [0.15, 0.2) is 0 Å². The zero-order valence-electron chi connectivity index (χ0n) is 19.3. The van der Waals surface area contributed by atoms with Crippen LogP contribution in [0, 0.1) is 0 Å². The van der Waals surface area contributed by atoms with Crippen molar-refractivity contribution >= 4 is 11.6 Å². The molecular weight excluding hydrogens is 442 g/mol. The maximum absolute atomic E-state index is 12.0. The van der Waals surface area contributed by atoms with E-state index in [0.717, 1.165) is 22.3 Å². The highest BCUT2D eigenvalue weighted by atomic mass is 35.5. The number of hydrogen-bond donors (Lipinski definition) is 1. The molecule has 34 heavy (non-hydrogen) atoms. The summed E-state index contributed by atoms with van der Waals surface area (Å²) >= 11 is 6.25. The Bertz CT molecular complexity index is 1230. The van der Waals surface area contributed by atoms with Gasteiger partial charge in [-0.05, 0) is 48.2 Å². The van der Waals surface area contributed by atoms with Gasteiger partial charge in [0.25, 0.3) is 0 Å². The SMILES string of the molecule is CC(C)(c1ccccc1)N(O)[C@H](c1ccc(Cl)cc1)[C@]1(c2ccccc2)O[C@H]1c1ccccc1. The van der Waals surface area contributed by atoms with E-state index < -0.39 is 17.2 Å². The number of ether oxygens (including phenoxy) is 1. The van der Waals surface area contributed by atoms with E-state index in [1.165, 1.54) is 5.06 Å². The summed E-state index contributed by atoms with van der Waals surface area (Å²) in [4.78, 5) is 0. The molecule has 0 radical (unpaired) electrons. The molecule has 0 amide bonds. The molecule has 0 aliphatic carbocycles. The lowest BCUT2D eigenvalue weighted by Gasteiger charge is -2.42. The Balaban J connectivity index is 1.69. The van der Waals surface area contributed by atoms with Gasteiger partial charge in [-0.1, -0.05) is 115 Å². The van der Waals surface area contributed by atoms with Crippen LogP contribution >= 0.6 is 11.6 Å². The van der Waals surface area contributed by atoms with Crippen molar-refractivity contribution in [1.82, 2.24) is 5.06 Å². The molecule has 4 heteroatoms. The first kappa shape index (κ1) is 22.8. The largest absolute Gasteiger partial charge is 0.354 e. The first-order valence-electron chi connectivity index (χ1n) is 11.5. The molecule has 3 nitrogen and oxygen atoms in total. The number of nitrogens with zero attached hydrogens (tertiary/aromatic N) is 1. The van der Waals surface area contributed by atoms with E-state index >= 15 is 0 Å². The zero-order valence-corrected chi connectivity index (χ0v) is 20.1. The summed E-state index contributed by atoms with van der Waals surface area (Å²) in [6, 6.07) is 37.7. The maximum atomic E-state index is 12.0. The average molecular weight is 470 g/mol. The topological polar surface area (TPSA) is 36.0 Å². The van der Waals surface area contributed by atoms with Crippen LogP contribution in [-0.2, 0) is 15.9 Å². The van der Waals surface area contributed by atoms with Gasteiger partial charge < -0.3 is 9.94 Å². The lowest BCUT2D eigenvalue weighted by atomic mass is 9.79. The van der Waals surface area contributed by atoms with E-state index in [1.54, 1.807) is 0 Å². The molecule has 3 atom stereocenters. The number of epoxide rings is 1. The fourth-order valence-corrected chi connectivity index (χ4v) is 5.03. The van der Waals surface area contributed by atoms with Gasteiger partial charge in [0, 0.05) is 5.02 Å². The van der Waals surface area contributed by atoms with E-state index in [1.807, 2.05) is 105 Å². The lowest BCUT2D eigenvalue weighted by molar-refractivity contribution is -0.215. The van der Waals surface area contributed by atoms with Crippen LogP contribution in [0.15, 0.2) is 115 Å². The van der Waals surface area contributed by atoms with Crippen molar-refractivity contribution in [2.45, 2.75) is 37.1 Å². The fourth-order valence-electron chi connectivity index (χ4n) is 4.90. The second-order valence-electron chi connectivity index (χ2n) is 9.29. The molecule has 0 aromatic heterocycles. The number of rotatable bonds is 7. The van der Waals surface area contributed by atoms with Gasteiger partial charge in [-0.3, -0.25) is 0 Å². The van der Waals surface area contributed by atoms with Gasteiger partial charge in [-0.25, -0.2) is 0 Å². The molecule has 1 saturated heterocycles. The first-order chi connectivity index (χ1) is 16.4. The van der Waals surface area contributed by atoms with Crippen molar-refractivity contribution in [3.8, 4) is 0 Å². The van der Waals surface area contributed by atoms with Crippen molar-refractivity contribution in [3.63, 3.8) is 0 Å². The Morgan fingerprint density at radius 1 is 0.794 bits per heavy atom. The number of halogens is 1. The quantitative estimate of drug-likeness (QED) is 0.223. The highest BCUT2D eigenvalue weighted by Gasteiger charge is 2.66. The first-order valence-corrected chi connectivity index (χ1v) is 11.9. The Labute approximate surface area is 206 Å². The van der Waals surface area contributed by atoms with Crippen LogP contribution in [0.4, 0.5) is 0 Å². The van der Waals surface area contributed by atoms with Crippen LogP contribution in [0.2, 0.25) is 5.02 Å². The minimum Gasteiger partial charge on any atom is -0.354 e. The summed E-state index contributed by atoms with van der Waals surface area (Å²) in [5.41, 5.74) is 2.57. The molecule has 1 aliphatic heterocycles. The average Bonchev–Trinajstić information content (AvgIpc) is 3.63. The predicted octanol–water partition coefficient (Wildman–Crippen LogP) is 7.67. The molecule has 172 valence electrons. The van der Waals surface area contributed by atoms with Crippen LogP contribution in [-0.4, -0.2) is 10.3 Å². The van der Waals surface area contributed by atoms with E-state index in [-0.39, 0.29) is 6.10 Å². The Morgan fingerprint density at radius 2 is 1.32 bits per heavy atom. The van der Waals surface area contributed by atoms with Crippen molar-refractivity contribution in [2.24, 2.45) is 0 Å². The standard InChI is InChI=1S/C30H28ClNO2/c1-29(2,24-14-8-4-9-15-24)32(33)27(22-18-20-26(31)21-19-22)30(25-16-10-5-11-17-25)28(34-30)23-12-6-3-7-13-23/h3-21,27-28,33H,1-2H3/t27-,28+,30+/m1/s1. The van der Waals surface area contributed by atoms with E-state index in [2.05, 4.69) is 24.3 Å². The maximum Gasteiger partial charge on any atom is 0.146 e. The summed E-state index contributed by atoms with van der Waals surface area (Å²) in [5, 5.41) is 14.1. The molecule has 0 bridgehead atoms. The van der Waals surface area contributed by atoms with E-state index in [0.29, 0.717) is 5.02 Å². The van der Waals surface area contributed by atoms with Gasteiger partial charge in [0.05, 0.1) is 11.6 Å². The smallest absolute Gasteiger partial charge is 0.146 e. The molecule has 1 N–H and O–H groups in total. The molecule has 0 unspecified atom stereocenters. The second kappa shape index (κ2) is 9.01. The number of hydroxylamine groups is 2. The zero-order chi connectivity index (χ0) is 23.8. The van der Waals surface area contributed by atoms with Crippen LogP contribution in [0.5, 0.6) is 0 Å². The predicted molar refractivity (Wildman–Crippen MR) is 136 cm³/mol. The van der Waals surface area contributed by atoms with Crippen LogP contribution < -0.4 is 0 Å². The molecule has 5 rings (SSSR count). The third-order valence-corrected chi connectivity index (χ3v) is 7.11. The second-order valence-corrected chi connectivity index (χ2v) is 9.73. The molecule has 4 aromatic carbocycles. The summed E-state index contributed by atoms with van der Waals surface area (Å²) in [6.45, 7) is 4.06. The highest BCUT2D eigenvalue weighted by molar-refractivity contribution is 6.30. The molecular formula is C30H28ClNO2. The molecule has 0 saturated carbocycles. The molecule has 1 heterocycles. The van der Waals surface area contributed by atoms with Gasteiger partial charge in [-0.2, -0.15) is 5.06 Å². The summed E-state index contributed by atoms with van der Waals surface area (Å²) < 4.78 is 6.64. The van der Waals surface area contributed by atoms with Crippen molar-refractivity contribution < 1.29 is 9.94 Å². The molecule has 4 aromatic rings. The van der Waals surface area contributed by atoms with Gasteiger partial charge in [-0.15, -0.1) is 0 Å². The minimum atomic E-state index is -0.781. The Hall–Kier alpha value is -2.95. The third-order valence-electron chi connectivity index (χ3n) is 6.86. The number of hydrogen-bond acceptors (Lipinski definition) is 3. The van der Waals surface area contributed by atoms with Crippen molar-refractivity contribution in [1.29, 1.82) is 0 Å². The summed E-state index contributed by atoms with van der Waals surface area (Å²) in [5.74, 6) is 0. The molecule has 0 spiro atoms. The summed E-state index contributed by atoms with van der Waals surface area (Å²) in [7, 11) is 0. The van der Waals surface area contributed by atoms with Crippen LogP contribution in [0.25, 0.3) is 0 Å². The van der Waals surface area contributed by atoms with Gasteiger partial charge in [0.2, 0.25) is 0 Å². The third kappa shape index (κ3) is 3.95. The van der Waals surface area contributed by atoms with Gasteiger partial charge >= 0.3 is 0 Å². The molecule has 1 fully saturated rings. The van der Waals surface area contributed by atoms with Crippen LogP contribution in [0.3, 0.4) is 0 Å². The van der Waals surface area contributed by atoms with Gasteiger partial charge in [0.1, 0.15) is 11.7 Å². The molecule has 1 aliphatic rings.